The predicted molar refractivity (Wildman–Crippen MR) is 105 cm³/mol. The number of hydrogen-bond acceptors (Lipinski definition) is 6. The van der Waals surface area contributed by atoms with Crippen LogP contribution in [0.25, 0.3) is 0 Å². The van der Waals surface area contributed by atoms with Crippen molar-refractivity contribution in [3.05, 3.63) is 28.8 Å². The summed E-state index contributed by atoms with van der Waals surface area (Å²) < 4.78 is 16.3. The van der Waals surface area contributed by atoms with E-state index in [1.807, 2.05) is 51.9 Å². The summed E-state index contributed by atoms with van der Waals surface area (Å²) in [5.41, 5.74) is 1.98. The summed E-state index contributed by atoms with van der Waals surface area (Å²) in [6, 6.07) is 3.79. The van der Waals surface area contributed by atoms with Crippen LogP contribution in [0.15, 0.2) is 12.1 Å². The molecular weight excluding hydrogens is 346 g/mol. The van der Waals surface area contributed by atoms with E-state index < -0.39 is 11.9 Å². The van der Waals surface area contributed by atoms with Crippen LogP contribution in [0, 0.1) is 6.92 Å². The molecule has 6 heteroatoms. The second-order valence-electron chi connectivity index (χ2n) is 7.45. The number of carbonyl (C=O) groups is 2. The van der Waals surface area contributed by atoms with Gasteiger partial charge in [-0.2, -0.15) is 0 Å². The van der Waals surface area contributed by atoms with E-state index in [4.69, 9.17) is 14.2 Å². The number of ether oxygens (including phenoxy) is 3. The highest BCUT2D eigenvalue weighted by atomic mass is 16.6. The molecule has 0 saturated heterocycles. The van der Waals surface area contributed by atoms with Crippen LogP contribution >= 0.6 is 0 Å². The van der Waals surface area contributed by atoms with E-state index in [0.717, 1.165) is 24.1 Å². The lowest BCUT2D eigenvalue weighted by molar-refractivity contribution is -0.146. The molecule has 1 aromatic rings. The molecule has 0 N–H and O–H groups in total. The lowest BCUT2D eigenvalue weighted by atomic mass is 9.96. The van der Waals surface area contributed by atoms with E-state index >= 15 is 0 Å². The fraction of sp³-hybridized carbons (Fsp3) is 0.619. The van der Waals surface area contributed by atoms with Crippen molar-refractivity contribution in [2.45, 2.75) is 53.1 Å². The molecule has 0 atom stereocenters. The van der Waals surface area contributed by atoms with Gasteiger partial charge in [0.2, 0.25) is 0 Å². The van der Waals surface area contributed by atoms with Crippen molar-refractivity contribution in [1.29, 1.82) is 0 Å². The quantitative estimate of drug-likeness (QED) is 0.457. The molecule has 0 fully saturated rings. The van der Waals surface area contributed by atoms with Crippen molar-refractivity contribution >= 4 is 11.9 Å². The zero-order chi connectivity index (χ0) is 20.6. The number of nitrogens with zero attached hydrogens (tertiary/aromatic N) is 1. The highest BCUT2D eigenvalue weighted by Crippen LogP contribution is 2.33. The minimum Gasteiger partial charge on any atom is -0.481 e. The fourth-order valence-corrected chi connectivity index (χ4v) is 2.57. The highest BCUT2D eigenvalue weighted by molar-refractivity contribution is 5.95. The molecule has 0 radical (unpaired) electrons. The number of hydrogen-bond donors (Lipinski definition) is 0. The summed E-state index contributed by atoms with van der Waals surface area (Å²) in [7, 11) is 3.93. The summed E-state index contributed by atoms with van der Waals surface area (Å²) in [4.78, 5) is 26.6. The Hall–Kier alpha value is -2.08. The van der Waals surface area contributed by atoms with Crippen molar-refractivity contribution in [2.75, 3.05) is 33.9 Å². The molecule has 0 spiro atoms. The Balaban J connectivity index is 2.91. The van der Waals surface area contributed by atoms with E-state index in [0.29, 0.717) is 17.9 Å². The van der Waals surface area contributed by atoms with Crippen LogP contribution < -0.4 is 4.74 Å². The van der Waals surface area contributed by atoms with Gasteiger partial charge in [0, 0.05) is 6.54 Å². The first-order valence-electron chi connectivity index (χ1n) is 9.41. The van der Waals surface area contributed by atoms with Gasteiger partial charge in [-0.05, 0) is 58.3 Å². The molecule has 0 aliphatic rings. The van der Waals surface area contributed by atoms with E-state index in [9.17, 15) is 9.59 Å². The second kappa shape index (κ2) is 10.9. The van der Waals surface area contributed by atoms with Gasteiger partial charge in [-0.3, -0.25) is 0 Å². The van der Waals surface area contributed by atoms with Crippen LogP contribution in [0.3, 0.4) is 0 Å². The van der Waals surface area contributed by atoms with Gasteiger partial charge in [0.05, 0.1) is 12.7 Å². The Morgan fingerprint density at radius 3 is 2.33 bits per heavy atom. The zero-order valence-electron chi connectivity index (χ0n) is 17.6. The van der Waals surface area contributed by atoms with Crippen molar-refractivity contribution < 1.29 is 23.8 Å². The maximum Gasteiger partial charge on any atom is 0.344 e. The maximum absolute atomic E-state index is 12.6. The summed E-state index contributed by atoms with van der Waals surface area (Å²) >= 11 is 0. The number of esters is 2. The first-order valence-corrected chi connectivity index (χ1v) is 9.41. The largest absolute Gasteiger partial charge is 0.481 e. The highest BCUT2D eigenvalue weighted by Gasteiger charge is 2.23. The number of carbonyl (C=O) groups excluding carboxylic acids is 2. The molecule has 1 aromatic carbocycles. The summed E-state index contributed by atoms with van der Waals surface area (Å²) in [5, 5.41) is 0. The molecule has 0 amide bonds. The van der Waals surface area contributed by atoms with Crippen LogP contribution in [-0.2, 0) is 14.3 Å². The molecule has 27 heavy (non-hydrogen) atoms. The molecule has 0 saturated carbocycles. The zero-order valence-corrected chi connectivity index (χ0v) is 17.6. The molecular formula is C21H33NO5. The Morgan fingerprint density at radius 1 is 1.11 bits per heavy atom. The molecule has 0 aliphatic heterocycles. The van der Waals surface area contributed by atoms with Gasteiger partial charge in [-0.1, -0.05) is 26.0 Å². The first kappa shape index (κ1) is 23.0. The fourth-order valence-electron chi connectivity index (χ4n) is 2.57. The van der Waals surface area contributed by atoms with Gasteiger partial charge in [0.15, 0.2) is 6.61 Å². The van der Waals surface area contributed by atoms with Crippen LogP contribution in [0.1, 0.15) is 61.5 Å². The van der Waals surface area contributed by atoms with E-state index in [2.05, 4.69) is 0 Å². The minimum atomic E-state index is -0.451. The SMILES string of the molecule is Cc1ccc(C(C)C)c(OCC(=O)OCCCN(C)C)c1C(=O)OC(C)C. The molecule has 0 heterocycles. The topological polar surface area (TPSA) is 65.1 Å². The minimum absolute atomic E-state index is 0.127. The maximum atomic E-state index is 12.6. The molecule has 0 aromatic heterocycles. The predicted octanol–water partition coefficient (Wildman–Crippen LogP) is 3.56. The van der Waals surface area contributed by atoms with Crippen molar-refractivity contribution in [3.8, 4) is 5.75 Å². The smallest absolute Gasteiger partial charge is 0.344 e. The summed E-state index contributed by atoms with van der Waals surface area (Å²) in [6.45, 7) is 10.4. The van der Waals surface area contributed by atoms with Gasteiger partial charge in [-0.25, -0.2) is 9.59 Å². The average molecular weight is 379 g/mol. The Morgan fingerprint density at radius 2 is 1.78 bits per heavy atom. The van der Waals surface area contributed by atoms with Gasteiger partial charge < -0.3 is 19.1 Å². The van der Waals surface area contributed by atoms with Gasteiger partial charge >= 0.3 is 11.9 Å². The molecule has 6 nitrogen and oxygen atoms in total. The summed E-state index contributed by atoms with van der Waals surface area (Å²) in [6.07, 6.45) is 0.515. The molecule has 0 aliphatic carbocycles. The Bertz CT molecular complexity index is 638. The third kappa shape index (κ3) is 7.59. The standard InChI is InChI=1S/C21H33NO5/c1-14(2)17-10-9-16(5)19(21(24)27-15(3)4)20(17)26-13-18(23)25-12-8-11-22(6)7/h9-10,14-15H,8,11-13H2,1-7H3. The van der Waals surface area contributed by atoms with Gasteiger partial charge in [0.25, 0.3) is 0 Å². The van der Waals surface area contributed by atoms with Crippen molar-refractivity contribution in [2.24, 2.45) is 0 Å². The number of benzene rings is 1. The lowest BCUT2D eigenvalue weighted by Crippen LogP contribution is -2.21. The van der Waals surface area contributed by atoms with E-state index in [-0.39, 0.29) is 18.6 Å². The molecule has 1 rings (SSSR count). The first-order chi connectivity index (χ1) is 12.6. The summed E-state index contributed by atoms with van der Waals surface area (Å²) in [5.74, 6) is -0.365. The Labute approximate surface area is 162 Å². The third-order valence-corrected chi connectivity index (χ3v) is 3.91. The normalized spacial score (nSPS) is 11.2. The van der Waals surface area contributed by atoms with E-state index in [1.54, 1.807) is 13.8 Å². The van der Waals surface area contributed by atoms with Crippen molar-refractivity contribution in [3.63, 3.8) is 0 Å². The van der Waals surface area contributed by atoms with E-state index in [1.165, 1.54) is 0 Å². The molecule has 152 valence electrons. The number of aryl methyl sites for hydroxylation is 1. The monoisotopic (exact) mass is 379 g/mol. The second-order valence-corrected chi connectivity index (χ2v) is 7.45. The average Bonchev–Trinajstić information content (AvgIpc) is 2.55. The van der Waals surface area contributed by atoms with Crippen LogP contribution in [-0.4, -0.2) is 56.8 Å². The number of rotatable bonds is 10. The lowest BCUT2D eigenvalue weighted by Gasteiger charge is -2.19. The Kier molecular flexibility index (Phi) is 9.29. The molecule has 0 bridgehead atoms. The van der Waals surface area contributed by atoms with Crippen LogP contribution in [0.5, 0.6) is 5.75 Å². The van der Waals surface area contributed by atoms with Gasteiger partial charge in [-0.15, -0.1) is 0 Å². The van der Waals surface area contributed by atoms with Gasteiger partial charge in [0.1, 0.15) is 11.3 Å². The van der Waals surface area contributed by atoms with Crippen molar-refractivity contribution in [1.82, 2.24) is 4.90 Å². The third-order valence-electron chi connectivity index (χ3n) is 3.91. The van der Waals surface area contributed by atoms with Crippen LogP contribution in [0.4, 0.5) is 0 Å². The van der Waals surface area contributed by atoms with Crippen LogP contribution in [0.2, 0.25) is 0 Å². The molecule has 0 unspecified atom stereocenters.